The van der Waals surface area contributed by atoms with Crippen LogP contribution in [0.15, 0.2) is 23.3 Å². The second kappa shape index (κ2) is 24.1. The van der Waals surface area contributed by atoms with Gasteiger partial charge in [0.25, 0.3) is 0 Å². The van der Waals surface area contributed by atoms with Crippen LogP contribution in [-0.4, -0.2) is 256 Å². The molecule has 26 heteroatoms. The van der Waals surface area contributed by atoms with E-state index in [4.69, 9.17) is 42.6 Å². The number of fused-ring (bicyclic) bond motifs is 7. The molecule has 30 atom stereocenters. The molecule has 4 saturated heterocycles. The molecule has 4 saturated carbocycles. The predicted octanol–water partition coefficient (Wildman–Crippen LogP) is -2.40. The second-order valence-corrected chi connectivity index (χ2v) is 27.5. The summed E-state index contributed by atoms with van der Waals surface area (Å²) in [5, 5.41) is 167. The van der Waals surface area contributed by atoms with E-state index >= 15 is 0 Å². The minimum atomic E-state index is -2.28. The number of aliphatic carboxylic acids is 1. The molecule has 0 aromatic carbocycles. The molecule has 480 valence electrons. The van der Waals surface area contributed by atoms with Crippen LogP contribution in [0.4, 0.5) is 0 Å². The Hall–Kier alpha value is -2.46. The molecule has 0 unspecified atom stereocenters. The van der Waals surface area contributed by atoms with E-state index in [9.17, 15) is 86.2 Å². The number of carbonyl (C=O) groups excluding carboxylic acids is 1. The fourth-order valence-corrected chi connectivity index (χ4v) is 17.1. The summed E-state index contributed by atoms with van der Waals surface area (Å²) < 4.78 is 54.9. The Morgan fingerprint density at radius 1 is 0.631 bits per heavy atom. The summed E-state index contributed by atoms with van der Waals surface area (Å²) in [6, 6.07) is 0. The van der Waals surface area contributed by atoms with Crippen molar-refractivity contribution in [1.82, 2.24) is 0 Å². The molecule has 4 aliphatic heterocycles. The van der Waals surface area contributed by atoms with Crippen molar-refractivity contribution in [1.29, 1.82) is 0 Å². The lowest BCUT2D eigenvalue weighted by atomic mass is 9.32. The first-order valence-corrected chi connectivity index (χ1v) is 29.5. The maximum atomic E-state index is 13.5. The number of hydrogen-bond acceptors (Lipinski definition) is 25. The molecule has 15 N–H and O–H groups in total. The van der Waals surface area contributed by atoms with Crippen molar-refractivity contribution in [3.05, 3.63) is 23.3 Å². The lowest BCUT2D eigenvalue weighted by Crippen LogP contribution is -2.74. The summed E-state index contributed by atoms with van der Waals surface area (Å²) in [5.41, 5.74) is -3.58. The summed E-state index contributed by atoms with van der Waals surface area (Å²) in [4.78, 5) is 26.6. The predicted molar refractivity (Wildman–Crippen MR) is 285 cm³/mol. The van der Waals surface area contributed by atoms with Crippen molar-refractivity contribution in [3.8, 4) is 0 Å². The van der Waals surface area contributed by atoms with E-state index in [0.29, 0.717) is 44.1 Å². The van der Waals surface area contributed by atoms with Crippen molar-refractivity contribution in [3.63, 3.8) is 0 Å². The van der Waals surface area contributed by atoms with Crippen LogP contribution in [-0.2, 0) is 52.2 Å². The monoisotopic (exact) mass is 1200 g/mol. The maximum Gasteiger partial charge on any atom is 0.335 e. The average Bonchev–Trinajstić information content (AvgIpc) is 0.680. The first-order valence-electron chi connectivity index (χ1n) is 29.5. The Kier molecular flexibility index (Phi) is 18.9. The van der Waals surface area contributed by atoms with Crippen LogP contribution < -0.4 is 0 Å². The largest absolute Gasteiger partial charge is 0.479 e. The molecule has 0 amide bonds. The standard InChI is InChI=1S/C58H92O26/c1-10-23(2)48(75)79-32-18-53(3,4)17-25-24-11-12-30-55(7)15-14-31(54(5,6)29(55)13-16-56(30,8)57(24,9)45(71)46(72)58(25,32)22-61)80-52-44(84-50-39(69)36(66)34(64)27(19-59)77-50)41(40(70)42(82-52)47(73)74)81-51-43(37(67)35(65)28(20-60)78-51)83-49-38(68)33(63)26(62)21-76-49/h10-11,25-46,49-52,59-72H,12-22H2,1-9H3,(H,73,74)/t25-,26+,27+,28+,29-,30+,31-,32-,33-,34+,35+,36-,37-,38+,39+,40-,41-,42-,43+,44+,45-,46+,49-,50-,51-,52+,55-,56+,57-,58+/m0/s1. The lowest BCUT2D eigenvalue weighted by Gasteiger charge is -2.73. The van der Waals surface area contributed by atoms with Crippen LogP contribution in [0.5, 0.6) is 0 Å². The molecular weight excluding hydrogens is 1110 g/mol. The van der Waals surface area contributed by atoms with Crippen molar-refractivity contribution in [2.75, 3.05) is 26.4 Å². The second-order valence-electron chi connectivity index (χ2n) is 27.5. The first-order chi connectivity index (χ1) is 39.2. The fraction of sp³-hybridized carbons (Fsp3) is 0.897. The van der Waals surface area contributed by atoms with Gasteiger partial charge >= 0.3 is 11.9 Å². The van der Waals surface area contributed by atoms with Gasteiger partial charge in [0, 0.05) is 11.0 Å². The van der Waals surface area contributed by atoms with Crippen LogP contribution in [0, 0.1) is 50.2 Å². The van der Waals surface area contributed by atoms with E-state index in [2.05, 4.69) is 33.8 Å². The zero-order chi connectivity index (χ0) is 61.9. The molecule has 26 nitrogen and oxygen atoms in total. The third-order valence-corrected chi connectivity index (χ3v) is 22.2. The van der Waals surface area contributed by atoms with E-state index < -0.39 is 218 Å². The highest BCUT2D eigenvalue weighted by molar-refractivity contribution is 5.87. The topological polar surface area (TPSA) is 421 Å². The molecule has 8 fully saturated rings. The molecular formula is C58H92O26. The van der Waals surface area contributed by atoms with Gasteiger partial charge in [-0.2, -0.15) is 0 Å². The van der Waals surface area contributed by atoms with Crippen LogP contribution in [0.25, 0.3) is 0 Å². The van der Waals surface area contributed by atoms with Gasteiger partial charge in [-0.25, -0.2) is 9.59 Å². The lowest BCUT2D eigenvalue weighted by molar-refractivity contribution is -0.405. The maximum absolute atomic E-state index is 13.5. The van der Waals surface area contributed by atoms with Gasteiger partial charge in [-0.1, -0.05) is 66.2 Å². The average molecular weight is 1210 g/mol. The normalized spacial score (nSPS) is 51.9. The van der Waals surface area contributed by atoms with Gasteiger partial charge in [0.15, 0.2) is 31.3 Å². The van der Waals surface area contributed by atoms with Gasteiger partial charge in [-0.05, 0) is 98.2 Å². The number of rotatable bonds is 14. The summed E-state index contributed by atoms with van der Waals surface area (Å²) in [6.07, 6.45) is -34.3. The van der Waals surface area contributed by atoms with Crippen LogP contribution in [0.1, 0.15) is 107 Å². The highest BCUT2D eigenvalue weighted by atomic mass is 16.8. The Morgan fingerprint density at radius 2 is 1.23 bits per heavy atom. The first kappa shape index (κ1) is 66.0. The van der Waals surface area contributed by atoms with E-state index in [0.717, 1.165) is 5.57 Å². The van der Waals surface area contributed by atoms with E-state index in [-0.39, 0.29) is 18.3 Å². The quantitative estimate of drug-likeness (QED) is 0.0373. The van der Waals surface area contributed by atoms with Crippen molar-refractivity contribution in [2.24, 2.45) is 50.2 Å². The van der Waals surface area contributed by atoms with Crippen molar-refractivity contribution < 1.29 is 129 Å². The fourth-order valence-electron chi connectivity index (χ4n) is 17.1. The van der Waals surface area contributed by atoms with Crippen LogP contribution in [0.2, 0.25) is 0 Å². The molecule has 0 aromatic rings. The summed E-state index contributed by atoms with van der Waals surface area (Å²) >= 11 is 0. The summed E-state index contributed by atoms with van der Waals surface area (Å²) in [5.74, 6) is -3.07. The summed E-state index contributed by atoms with van der Waals surface area (Å²) in [6.45, 7) is 15.0. The molecule has 4 heterocycles. The van der Waals surface area contributed by atoms with Gasteiger partial charge in [0.1, 0.15) is 91.6 Å². The van der Waals surface area contributed by atoms with Gasteiger partial charge in [-0.15, -0.1) is 0 Å². The number of ether oxygens (including phenoxy) is 9. The molecule has 9 aliphatic rings. The van der Waals surface area contributed by atoms with Gasteiger partial charge < -0.3 is 119 Å². The summed E-state index contributed by atoms with van der Waals surface area (Å²) in [7, 11) is 0. The zero-order valence-corrected chi connectivity index (χ0v) is 49.1. The molecule has 0 spiro atoms. The van der Waals surface area contributed by atoms with Gasteiger partial charge in [0.2, 0.25) is 0 Å². The third kappa shape index (κ3) is 10.6. The van der Waals surface area contributed by atoms with Crippen LogP contribution >= 0.6 is 0 Å². The Balaban J connectivity index is 1.05. The highest BCUT2D eigenvalue weighted by Gasteiger charge is 2.75. The number of aliphatic hydroxyl groups excluding tert-OH is 14. The molecule has 0 bridgehead atoms. The zero-order valence-electron chi connectivity index (χ0n) is 49.1. The number of carbonyl (C=O) groups is 2. The van der Waals surface area contributed by atoms with E-state index in [1.165, 1.54) is 0 Å². The minimum Gasteiger partial charge on any atom is -0.479 e. The number of esters is 1. The van der Waals surface area contributed by atoms with Crippen molar-refractivity contribution in [2.45, 2.75) is 248 Å². The smallest absolute Gasteiger partial charge is 0.335 e. The number of aliphatic hydroxyl groups is 14. The van der Waals surface area contributed by atoms with Gasteiger partial charge in [-0.3, -0.25) is 0 Å². The number of hydrogen-bond donors (Lipinski definition) is 15. The van der Waals surface area contributed by atoms with Crippen molar-refractivity contribution >= 4 is 11.9 Å². The SMILES string of the molecule is CC=C(C)C(=O)O[C@H]1CC(C)(C)C[C@H]2C3=CC[C@@H]4[C@@]5(C)CC[C@H](O[C@@H]6O[C@H](C(=O)O)[C@@H](O)[C@H](O[C@@H]7O[C@H](CO)[C@@H](O)[C@H](O)[C@H]7O[C@@H]7OC[C@@H](O)[C@H](O)[C@H]7O)[C@H]6O[C@@H]6O[C@H](CO)[C@@H](O)[C@H](O)[C@H]6O)C(C)(C)[C@@H]5CC[C@@]4(C)[C@]3(C)[C@@H](O)[C@@H](O)[C@@]12CO. The Labute approximate surface area is 487 Å². The van der Waals surface area contributed by atoms with Gasteiger partial charge in [0.05, 0.1) is 50.2 Å². The highest BCUT2D eigenvalue weighted by Crippen LogP contribution is 2.76. The molecule has 9 rings (SSSR count). The van der Waals surface area contributed by atoms with E-state index in [1.807, 2.05) is 20.8 Å². The van der Waals surface area contributed by atoms with E-state index in [1.54, 1.807) is 19.9 Å². The molecule has 0 radical (unpaired) electrons. The Morgan fingerprint density at radius 3 is 1.85 bits per heavy atom. The third-order valence-electron chi connectivity index (χ3n) is 22.2. The van der Waals surface area contributed by atoms with Crippen LogP contribution in [0.3, 0.4) is 0 Å². The molecule has 5 aliphatic carbocycles. The number of carboxylic acid groups (broad SMARTS) is 1. The minimum absolute atomic E-state index is 0.128. The molecule has 0 aromatic heterocycles. The number of carboxylic acids is 1. The Bertz CT molecular complexity index is 2420. The number of allylic oxidation sites excluding steroid dienone is 2. The molecule has 84 heavy (non-hydrogen) atoms.